The fourth-order valence-electron chi connectivity index (χ4n) is 2.55. The van der Waals surface area contributed by atoms with Gasteiger partial charge in [0.1, 0.15) is 0 Å². The number of carbonyl (C=O) groups excluding carboxylic acids is 2. The normalized spacial score (nSPS) is 17.5. The van der Waals surface area contributed by atoms with Crippen molar-refractivity contribution in [2.45, 2.75) is 6.42 Å². The first-order valence-corrected chi connectivity index (χ1v) is 8.65. The zero-order valence-corrected chi connectivity index (χ0v) is 15.0. The summed E-state index contributed by atoms with van der Waals surface area (Å²) in [7, 11) is 0. The quantitative estimate of drug-likeness (QED) is 0.458. The molecule has 0 saturated carbocycles. The van der Waals surface area contributed by atoms with E-state index in [0.717, 1.165) is 14.8 Å². The lowest BCUT2D eigenvalue weighted by molar-refractivity contribution is -0.126. The largest absolute Gasteiger partial charge is 0.312 e. The molecule has 1 fully saturated rings. The van der Waals surface area contributed by atoms with E-state index in [4.69, 9.17) is 0 Å². The molecule has 6 heteroatoms. The Morgan fingerprint density at radius 3 is 2.58 bits per heavy atom. The number of benzene rings is 2. The lowest BCUT2D eigenvalue weighted by Gasteiger charge is -2.16. The number of amides is 2. The molecule has 2 amide bonds. The van der Waals surface area contributed by atoms with Crippen LogP contribution in [-0.2, 0) is 9.59 Å². The number of nitrogens with zero attached hydrogens (tertiary/aromatic N) is 2. The van der Waals surface area contributed by atoms with Crippen LogP contribution >= 0.6 is 22.6 Å². The Morgan fingerprint density at radius 2 is 1.88 bits per heavy atom. The van der Waals surface area contributed by atoms with Crippen LogP contribution in [0.15, 0.2) is 59.7 Å². The third kappa shape index (κ3) is 4.00. The zero-order chi connectivity index (χ0) is 16.9. The lowest BCUT2D eigenvalue weighted by atomic mass is 10.1. The Balaban J connectivity index is 1.58. The van der Waals surface area contributed by atoms with Crippen LogP contribution in [0.1, 0.15) is 12.0 Å². The molecule has 1 aliphatic heterocycles. The van der Waals surface area contributed by atoms with Gasteiger partial charge in [-0.1, -0.05) is 30.3 Å². The third-order valence-corrected chi connectivity index (χ3v) is 4.54. The van der Waals surface area contributed by atoms with Gasteiger partial charge in [0, 0.05) is 22.2 Å². The topological polar surface area (TPSA) is 61.8 Å². The lowest BCUT2D eigenvalue weighted by Crippen LogP contribution is -2.30. The van der Waals surface area contributed by atoms with Crippen LogP contribution in [0.4, 0.5) is 5.69 Å². The number of rotatable bonds is 4. The van der Waals surface area contributed by atoms with Crippen molar-refractivity contribution in [2.24, 2.45) is 11.0 Å². The maximum absolute atomic E-state index is 12.2. The highest BCUT2D eigenvalue weighted by Crippen LogP contribution is 2.24. The molecule has 1 atom stereocenters. The second-order valence-electron chi connectivity index (χ2n) is 5.53. The summed E-state index contributed by atoms with van der Waals surface area (Å²) in [5, 5.41) is 3.98. The van der Waals surface area contributed by atoms with Crippen LogP contribution in [0.25, 0.3) is 0 Å². The number of hydrogen-bond donors (Lipinski definition) is 1. The molecule has 0 bridgehead atoms. The summed E-state index contributed by atoms with van der Waals surface area (Å²) in [6, 6.07) is 17.2. The van der Waals surface area contributed by atoms with Gasteiger partial charge < -0.3 is 4.90 Å². The van der Waals surface area contributed by atoms with Gasteiger partial charge in [-0.3, -0.25) is 9.59 Å². The number of halogens is 1. The number of carbonyl (C=O) groups is 2. The summed E-state index contributed by atoms with van der Waals surface area (Å²) >= 11 is 2.23. The van der Waals surface area contributed by atoms with E-state index in [1.807, 2.05) is 54.6 Å². The van der Waals surface area contributed by atoms with Crippen molar-refractivity contribution in [3.63, 3.8) is 0 Å². The second kappa shape index (κ2) is 7.57. The van der Waals surface area contributed by atoms with Gasteiger partial charge in [-0.15, -0.1) is 0 Å². The van der Waals surface area contributed by atoms with Crippen molar-refractivity contribution in [3.05, 3.63) is 63.7 Å². The van der Waals surface area contributed by atoms with E-state index in [-0.39, 0.29) is 24.2 Å². The minimum Gasteiger partial charge on any atom is -0.312 e. The van der Waals surface area contributed by atoms with Gasteiger partial charge in [0.05, 0.1) is 12.1 Å². The predicted molar refractivity (Wildman–Crippen MR) is 102 cm³/mol. The van der Waals surface area contributed by atoms with Crippen LogP contribution in [0.2, 0.25) is 0 Å². The van der Waals surface area contributed by atoms with E-state index in [1.165, 1.54) is 0 Å². The average Bonchev–Trinajstić information content (AvgIpc) is 2.99. The molecule has 0 unspecified atom stereocenters. The zero-order valence-electron chi connectivity index (χ0n) is 12.9. The highest BCUT2D eigenvalue weighted by molar-refractivity contribution is 14.1. The first-order valence-electron chi connectivity index (χ1n) is 7.57. The molecule has 2 aromatic carbocycles. The van der Waals surface area contributed by atoms with Gasteiger partial charge >= 0.3 is 0 Å². The fraction of sp³-hybridized carbons (Fsp3) is 0.167. The second-order valence-corrected chi connectivity index (χ2v) is 6.77. The molecule has 3 rings (SSSR count). The SMILES string of the molecule is O=C(N/N=C\c1ccc(I)cc1)[C@@H]1CC(=O)N(c2ccccc2)C1. The predicted octanol–water partition coefficient (Wildman–Crippen LogP) is 2.79. The van der Waals surface area contributed by atoms with Gasteiger partial charge in [0.2, 0.25) is 11.8 Å². The first-order chi connectivity index (χ1) is 11.6. The molecule has 5 nitrogen and oxygen atoms in total. The van der Waals surface area contributed by atoms with Crippen molar-refractivity contribution in [1.82, 2.24) is 5.43 Å². The van der Waals surface area contributed by atoms with Crippen molar-refractivity contribution in [3.8, 4) is 0 Å². The van der Waals surface area contributed by atoms with E-state index in [9.17, 15) is 9.59 Å². The van der Waals surface area contributed by atoms with Gasteiger partial charge in [-0.2, -0.15) is 5.10 Å². The number of hydrazone groups is 1. The highest BCUT2D eigenvalue weighted by Gasteiger charge is 2.34. The molecule has 0 spiro atoms. The monoisotopic (exact) mass is 433 g/mol. The Morgan fingerprint density at radius 1 is 1.17 bits per heavy atom. The molecular formula is C18H16IN3O2. The smallest absolute Gasteiger partial charge is 0.245 e. The summed E-state index contributed by atoms with van der Waals surface area (Å²) in [4.78, 5) is 26.0. The van der Waals surface area contributed by atoms with Crippen molar-refractivity contribution >= 4 is 46.3 Å². The van der Waals surface area contributed by atoms with Crippen LogP contribution in [0.5, 0.6) is 0 Å². The Hall–Kier alpha value is -2.22. The van der Waals surface area contributed by atoms with E-state index in [1.54, 1.807) is 11.1 Å². The fourth-order valence-corrected chi connectivity index (χ4v) is 2.91. The van der Waals surface area contributed by atoms with E-state index >= 15 is 0 Å². The summed E-state index contributed by atoms with van der Waals surface area (Å²) < 4.78 is 1.14. The number of anilines is 1. The van der Waals surface area contributed by atoms with Crippen molar-refractivity contribution in [1.29, 1.82) is 0 Å². The summed E-state index contributed by atoms with van der Waals surface area (Å²) in [5.41, 5.74) is 4.26. The standard InChI is InChI=1S/C18H16IN3O2/c19-15-8-6-13(7-9-15)11-20-21-18(24)14-10-17(23)22(12-14)16-4-2-1-3-5-16/h1-9,11,14H,10,12H2,(H,21,24)/b20-11-/t14-/m1/s1. The van der Waals surface area contributed by atoms with E-state index in [0.29, 0.717) is 6.54 Å². The van der Waals surface area contributed by atoms with Crippen LogP contribution in [-0.4, -0.2) is 24.6 Å². The Labute approximate surface area is 153 Å². The third-order valence-electron chi connectivity index (χ3n) is 3.82. The highest BCUT2D eigenvalue weighted by atomic mass is 127. The number of hydrogen-bond acceptors (Lipinski definition) is 3. The van der Waals surface area contributed by atoms with Gasteiger partial charge in [0.15, 0.2) is 0 Å². The maximum atomic E-state index is 12.2. The summed E-state index contributed by atoms with van der Waals surface area (Å²) in [6.45, 7) is 0.383. The Bertz CT molecular complexity index is 760. The minimum atomic E-state index is -0.383. The van der Waals surface area contributed by atoms with Gasteiger partial charge in [-0.25, -0.2) is 5.43 Å². The van der Waals surface area contributed by atoms with Crippen LogP contribution in [0.3, 0.4) is 0 Å². The first kappa shape index (κ1) is 16.6. The molecular weight excluding hydrogens is 417 g/mol. The summed E-state index contributed by atoms with van der Waals surface area (Å²) in [5.74, 6) is -0.655. The number of para-hydroxylation sites is 1. The van der Waals surface area contributed by atoms with Gasteiger partial charge in [0.25, 0.3) is 0 Å². The molecule has 1 heterocycles. The maximum Gasteiger partial charge on any atom is 0.245 e. The average molecular weight is 433 g/mol. The minimum absolute atomic E-state index is 0.0389. The van der Waals surface area contributed by atoms with E-state index < -0.39 is 0 Å². The van der Waals surface area contributed by atoms with Gasteiger partial charge in [-0.05, 0) is 52.4 Å². The van der Waals surface area contributed by atoms with Crippen molar-refractivity contribution in [2.75, 3.05) is 11.4 Å². The molecule has 122 valence electrons. The molecule has 1 N–H and O–H groups in total. The van der Waals surface area contributed by atoms with Crippen LogP contribution < -0.4 is 10.3 Å². The Kier molecular flexibility index (Phi) is 5.24. The molecule has 0 aromatic heterocycles. The molecule has 24 heavy (non-hydrogen) atoms. The molecule has 1 aliphatic rings. The molecule has 0 aliphatic carbocycles. The van der Waals surface area contributed by atoms with Crippen LogP contribution in [0, 0.1) is 9.49 Å². The number of nitrogens with one attached hydrogen (secondary N) is 1. The molecule has 0 radical (unpaired) electrons. The van der Waals surface area contributed by atoms with E-state index in [2.05, 4.69) is 33.1 Å². The molecule has 1 saturated heterocycles. The molecule has 2 aromatic rings. The summed E-state index contributed by atoms with van der Waals surface area (Å²) in [6.07, 6.45) is 1.81. The van der Waals surface area contributed by atoms with Crippen molar-refractivity contribution < 1.29 is 9.59 Å².